The van der Waals surface area contributed by atoms with Gasteiger partial charge in [0.25, 0.3) is 0 Å². The van der Waals surface area contributed by atoms with Gasteiger partial charge in [0.05, 0.1) is 27.9 Å². The molecule has 2 N–H and O–H groups in total. The number of thioether (sulfide) groups is 1. The summed E-state index contributed by atoms with van der Waals surface area (Å²) in [6.45, 7) is 1.83. The average molecular weight is 322 g/mol. The molecule has 5 nitrogen and oxygen atoms in total. The number of hydrogen-bond acceptors (Lipinski definition) is 4. The quantitative estimate of drug-likeness (QED) is 0.720. The molecule has 0 aliphatic carbocycles. The Morgan fingerprint density at radius 2 is 2.00 bits per heavy atom. The van der Waals surface area contributed by atoms with Crippen LogP contribution in [0.15, 0.2) is 53.7 Å². The van der Waals surface area contributed by atoms with E-state index in [9.17, 15) is 4.79 Å². The average Bonchev–Trinajstić information content (AvgIpc) is 2.97. The first kappa shape index (κ1) is 15.1. The summed E-state index contributed by atoms with van der Waals surface area (Å²) in [5, 5.41) is 12.0. The predicted octanol–water partition coefficient (Wildman–Crippen LogP) is 3.55. The van der Waals surface area contributed by atoms with Gasteiger partial charge >= 0.3 is 0 Å². The van der Waals surface area contributed by atoms with Gasteiger partial charge in [-0.1, -0.05) is 23.9 Å². The molecule has 1 amide bonds. The van der Waals surface area contributed by atoms with Gasteiger partial charge in [0, 0.05) is 5.69 Å². The lowest BCUT2D eigenvalue weighted by Gasteiger charge is -2.10. The van der Waals surface area contributed by atoms with Gasteiger partial charge in [-0.05, 0) is 43.3 Å². The minimum absolute atomic E-state index is 0.111. The lowest BCUT2D eigenvalue weighted by molar-refractivity contribution is -0.115. The van der Waals surface area contributed by atoms with E-state index in [0.717, 1.165) is 11.0 Å². The highest BCUT2D eigenvalue weighted by Crippen LogP contribution is 2.24. The van der Waals surface area contributed by atoms with E-state index < -0.39 is 0 Å². The molecule has 0 unspecified atom stereocenters. The van der Waals surface area contributed by atoms with Crippen molar-refractivity contribution in [2.75, 3.05) is 5.32 Å². The Bertz CT molecular complexity index is 846. The third kappa shape index (κ3) is 3.52. The number of nitrogens with one attached hydrogen (secondary N) is 2. The van der Waals surface area contributed by atoms with E-state index in [2.05, 4.69) is 15.3 Å². The standard InChI is InChI=1S/C17H14N4OS/c1-11(16(22)19-13-8-6-12(10-18)7-9-13)23-17-20-14-4-2-3-5-15(14)21-17/h2-9,11H,1H3,(H,19,22)(H,20,21)/t11-/m1/s1. The summed E-state index contributed by atoms with van der Waals surface area (Å²) < 4.78 is 0. The second kappa shape index (κ2) is 6.55. The smallest absolute Gasteiger partial charge is 0.237 e. The Morgan fingerprint density at radius 1 is 1.26 bits per heavy atom. The van der Waals surface area contributed by atoms with E-state index in [1.165, 1.54) is 11.8 Å². The van der Waals surface area contributed by atoms with E-state index in [0.29, 0.717) is 16.4 Å². The fourth-order valence-electron chi connectivity index (χ4n) is 2.08. The molecule has 0 saturated heterocycles. The summed E-state index contributed by atoms with van der Waals surface area (Å²) in [5.41, 5.74) is 3.07. The molecule has 0 spiro atoms. The molecule has 0 aliphatic heterocycles. The molecule has 0 aliphatic rings. The van der Waals surface area contributed by atoms with Gasteiger partial charge < -0.3 is 10.3 Å². The van der Waals surface area contributed by atoms with Crippen LogP contribution in [0.4, 0.5) is 5.69 Å². The van der Waals surface area contributed by atoms with Crippen LogP contribution in [-0.2, 0) is 4.79 Å². The van der Waals surface area contributed by atoms with Crippen LogP contribution in [0.1, 0.15) is 12.5 Å². The van der Waals surface area contributed by atoms with Crippen LogP contribution < -0.4 is 5.32 Å². The number of rotatable bonds is 4. The van der Waals surface area contributed by atoms with Crippen molar-refractivity contribution in [3.05, 3.63) is 54.1 Å². The highest BCUT2D eigenvalue weighted by molar-refractivity contribution is 8.00. The van der Waals surface area contributed by atoms with Gasteiger partial charge in [0.15, 0.2) is 5.16 Å². The lowest BCUT2D eigenvalue weighted by atomic mass is 10.2. The van der Waals surface area contributed by atoms with Crippen molar-refractivity contribution >= 4 is 34.4 Å². The Balaban J connectivity index is 1.65. The molecule has 0 fully saturated rings. The highest BCUT2D eigenvalue weighted by Gasteiger charge is 2.16. The molecule has 23 heavy (non-hydrogen) atoms. The normalized spacial score (nSPS) is 11.8. The maximum atomic E-state index is 12.2. The zero-order chi connectivity index (χ0) is 16.2. The number of para-hydroxylation sites is 2. The number of benzene rings is 2. The first-order valence-electron chi connectivity index (χ1n) is 7.08. The number of nitrogens with zero attached hydrogens (tertiary/aromatic N) is 2. The number of carbonyl (C=O) groups excluding carboxylic acids is 1. The Kier molecular flexibility index (Phi) is 4.31. The maximum Gasteiger partial charge on any atom is 0.237 e. The first-order valence-corrected chi connectivity index (χ1v) is 7.96. The van der Waals surface area contributed by atoms with Crippen LogP contribution in [-0.4, -0.2) is 21.1 Å². The monoisotopic (exact) mass is 322 g/mol. The predicted molar refractivity (Wildman–Crippen MR) is 91.2 cm³/mol. The van der Waals surface area contributed by atoms with Crippen LogP contribution in [0.3, 0.4) is 0 Å². The molecule has 2 aromatic carbocycles. The number of amides is 1. The van der Waals surface area contributed by atoms with Gasteiger partial charge in [-0.3, -0.25) is 4.79 Å². The molecule has 1 heterocycles. The largest absolute Gasteiger partial charge is 0.333 e. The molecule has 1 atom stereocenters. The van der Waals surface area contributed by atoms with Crippen LogP contribution in [0, 0.1) is 11.3 Å². The zero-order valence-electron chi connectivity index (χ0n) is 12.4. The van der Waals surface area contributed by atoms with Crippen LogP contribution >= 0.6 is 11.8 Å². The number of imidazole rings is 1. The van der Waals surface area contributed by atoms with Gasteiger partial charge in [0.1, 0.15) is 0 Å². The number of anilines is 1. The number of H-pyrrole nitrogens is 1. The van der Waals surface area contributed by atoms with Crippen molar-refractivity contribution < 1.29 is 4.79 Å². The first-order chi connectivity index (χ1) is 11.2. The summed E-state index contributed by atoms with van der Waals surface area (Å²) in [7, 11) is 0. The van der Waals surface area contributed by atoms with Crippen molar-refractivity contribution in [1.82, 2.24) is 9.97 Å². The molecule has 114 valence electrons. The van der Waals surface area contributed by atoms with E-state index in [-0.39, 0.29) is 11.2 Å². The highest BCUT2D eigenvalue weighted by atomic mass is 32.2. The number of nitriles is 1. The van der Waals surface area contributed by atoms with Crippen LogP contribution in [0.2, 0.25) is 0 Å². The van der Waals surface area contributed by atoms with Crippen molar-refractivity contribution in [2.45, 2.75) is 17.3 Å². The second-order valence-corrected chi connectivity index (χ2v) is 6.33. The molecular weight excluding hydrogens is 308 g/mol. The van der Waals surface area contributed by atoms with E-state index in [1.54, 1.807) is 24.3 Å². The maximum absolute atomic E-state index is 12.2. The number of hydrogen-bond donors (Lipinski definition) is 2. The lowest BCUT2D eigenvalue weighted by Crippen LogP contribution is -2.22. The fourth-order valence-corrected chi connectivity index (χ4v) is 2.90. The van der Waals surface area contributed by atoms with Crippen molar-refractivity contribution in [3.63, 3.8) is 0 Å². The van der Waals surface area contributed by atoms with Gasteiger partial charge in [-0.25, -0.2) is 4.98 Å². The molecule has 0 bridgehead atoms. The van der Waals surface area contributed by atoms with E-state index in [4.69, 9.17) is 5.26 Å². The minimum atomic E-state index is -0.300. The SMILES string of the molecule is C[C@@H](Sc1nc2ccccc2[nH]1)C(=O)Nc1ccc(C#N)cc1. The number of fused-ring (bicyclic) bond motifs is 1. The summed E-state index contributed by atoms with van der Waals surface area (Å²) in [6, 6.07) is 16.6. The van der Waals surface area contributed by atoms with E-state index in [1.807, 2.05) is 37.3 Å². The van der Waals surface area contributed by atoms with Gasteiger partial charge in [0.2, 0.25) is 5.91 Å². The van der Waals surface area contributed by atoms with Crippen molar-refractivity contribution in [3.8, 4) is 6.07 Å². The third-order valence-electron chi connectivity index (χ3n) is 3.31. The van der Waals surface area contributed by atoms with Gasteiger partial charge in [-0.2, -0.15) is 5.26 Å². The zero-order valence-corrected chi connectivity index (χ0v) is 13.2. The third-order valence-corrected chi connectivity index (χ3v) is 4.29. The topological polar surface area (TPSA) is 81.6 Å². The molecule has 6 heteroatoms. The second-order valence-electron chi connectivity index (χ2n) is 5.00. The molecule has 3 aromatic rings. The minimum Gasteiger partial charge on any atom is -0.333 e. The Labute approximate surface area is 137 Å². The number of aromatic amines is 1. The molecule has 3 rings (SSSR count). The summed E-state index contributed by atoms with van der Waals surface area (Å²) in [4.78, 5) is 19.9. The fraction of sp³-hybridized carbons (Fsp3) is 0.118. The molecule has 1 aromatic heterocycles. The van der Waals surface area contributed by atoms with Crippen molar-refractivity contribution in [1.29, 1.82) is 5.26 Å². The summed E-state index contributed by atoms with van der Waals surface area (Å²) >= 11 is 1.37. The van der Waals surface area contributed by atoms with Crippen LogP contribution in [0.5, 0.6) is 0 Å². The summed E-state index contributed by atoms with van der Waals surface area (Å²) in [5.74, 6) is -0.111. The van der Waals surface area contributed by atoms with Crippen molar-refractivity contribution in [2.24, 2.45) is 0 Å². The molecular formula is C17H14N4OS. The molecule has 0 radical (unpaired) electrons. The number of aromatic nitrogens is 2. The molecule has 0 saturated carbocycles. The van der Waals surface area contributed by atoms with Gasteiger partial charge in [-0.15, -0.1) is 0 Å². The Morgan fingerprint density at radius 3 is 2.70 bits per heavy atom. The number of carbonyl (C=O) groups is 1. The Hall–Kier alpha value is -2.78. The van der Waals surface area contributed by atoms with E-state index >= 15 is 0 Å². The summed E-state index contributed by atoms with van der Waals surface area (Å²) in [6.07, 6.45) is 0. The van der Waals surface area contributed by atoms with Crippen LogP contribution in [0.25, 0.3) is 11.0 Å².